The van der Waals surface area contributed by atoms with E-state index in [2.05, 4.69) is 0 Å². The minimum atomic E-state index is -4.33. The van der Waals surface area contributed by atoms with Gasteiger partial charge in [0.15, 0.2) is 0 Å². The average molecular weight is 295 g/mol. The van der Waals surface area contributed by atoms with Crippen molar-refractivity contribution in [2.75, 3.05) is 13.6 Å². The van der Waals surface area contributed by atoms with Crippen molar-refractivity contribution >= 4 is 5.91 Å². The molecule has 0 radical (unpaired) electrons. The molecule has 1 aromatic carbocycles. The van der Waals surface area contributed by atoms with Crippen molar-refractivity contribution < 1.29 is 26.7 Å². The van der Waals surface area contributed by atoms with Gasteiger partial charge in [-0.25, -0.2) is 8.78 Å². The summed E-state index contributed by atoms with van der Waals surface area (Å²) in [6.45, 7) is -0.450. The molecule has 0 aliphatic heterocycles. The van der Waals surface area contributed by atoms with Gasteiger partial charge in [-0.2, -0.15) is 13.2 Å². The van der Waals surface area contributed by atoms with E-state index in [1.165, 1.54) is 7.05 Å². The van der Waals surface area contributed by atoms with Crippen LogP contribution in [-0.2, 0) is 11.2 Å². The van der Waals surface area contributed by atoms with Crippen LogP contribution >= 0.6 is 0 Å². The number of carbonyl (C=O) groups is 1. The number of carbonyl (C=O) groups excluding carboxylic acids is 1. The number of benzene rings is 1. The highest BCUT2D eigenvalue weighted by Gasteiger charge is 2.27. The van der Waals surface area contributed by atoms with E-state index in [1.807, 2.05) is 0 Å². The Kier molecular flexibility index (Phi) is 5.47. The molecule has 0 saturated heterocycles. The van der Waals surface area contributed by atoms with Gasteiger partial charge in [0.05, 0.1) is 6.42 Å². The summed E-state index contributed by atoms with van der Waals surface area (Å²) in [5, 5.41) is 0. The largest absolute Gasteiger partial charge is 0.390 e. The molecule has 0 spiro atoms. The summed E-state index contributed by atoms with van der Waals surface area (Å²) in [7, 11) is 1.25. The molecule has 0 atom stereocenters. The van der Waals surface area contributed by atoms with Gasteiger partial charge in [0.1, 0.15) is 11.6 Å². The first-order chi connectivity index (χ1) is 9.19. The standard InChI is InChI=1S/C13H14F5NO/c1-19(7-6-13(16,17)18)12(20)5-2-9-8-10(14)3-4-11(9)15/h3-4,8H,2,5-7H2,1H3. The van der Waals surface area contributed by atoms with Crippen LogP contribution in [0, 0.1) is 11.6 Å². The van der Waals surface area contributed by atoms with Crippen LogP contribution in [0.3, 0.4) is 0 Å². The van der Waals surface area contributed by atoms with E-state index in [1.54, 1.807) is 0 Å². The molecule has 1 rings (SSSR count). The van der Waals surface area contributed by atoms with Crippen LogP contribution in [0.2, 0.25) is 0 Å². The van der Waals surface area contributed by atoms with E-state index >= 15 is 0 Å². The number of hydrogen-bond donors (Lipinski definition) is 0. The zero-order valence-electron chi connectivity index (χ0n) is 10.8. The fourth-order valence-electron chi connectivity index (χ4n) is 1.59. The molecule has 0 aliphatic carbocycles. The molecule has 0 aromatic heterocycles. The maximum atomic E-state index is 13.3. The summed E-state index contributed by atoms with van der Waals surface area (Å²) in [5.41, 5.74) is 0.0302. The lowest BCUT2D eigenvalue weighted by Crippen LogP contribution is -2.30. The number of hydrogen-bond acceptors (Lipinski definition) is 1. The van der Waals surface area contributed by atoms with Gasteiger partial charge < -0.3 is 4.90 Å². The third kappa shape index (κ3) is 5.54. The summed E-state index contributed by atoms with van der Waals surface area (Å²) in [6, 6.07) is 2.87. The first-order valence-electron chi connectivity index (χ1n) is 5.93. The Bertz CT molecular complexity index is 472. The predicted octanol–water partition coefficient (Wildman–Crippen LogP) is 3.31. The highest BCUT2D eigenvalue weighted by Crippen LogP contribution is 2.19. The lowest BCUT2D eigenvalue weighted by atomic mass is 10.1. The lowest BCUT2D eigenvalue weighted by Gasteiger charge is -2.18. The second kappa shape index (κ2) is 6.67. The monoisotopic (exact) mass is 295 g/mol. The second-order valence-electron chi connectivity index (χ2n) is 4.42. The molecule has 112 valence electrons. The highest BCUT2D eigenvalue weighted by molar-refractivity contribution is 5.76. The van der Waals surface area contributed by atoms with Crippen molar-refractivity contribution in [3.05, 3.63) is 35.4 Å². The van der Waals surface area contributed by atoms with Crippen LogP contribution in [0.4, 0.5) is 22.0 Å². The Morgan fingerprint density at radius 2 is 1.90 bits per heavy atom. The maximum Gasteiger partial charge on any atom is 0.390 e. The molecular formula is C13H14F5NO. The van der Waals surface area contributed by atoms with Crippen molar-refractivity contribution in [1.29, 1.82) is 0 Å². The molecule has 0 bridgehead atoms. The summed E-state index contributed by atoms with van der Waals surface area (Å²) < 4.78 is 62.2. The van der Waals surface area contributed by atoms with Crippen molar-refractivity contribution in [2.45, 2.75) is 25.4 Å². The summed E-state index contributed by atoms with van der Waals surface area (Å²) in [5.74, 6) is -1.81. The predicted molar refractivity (Wildman–Crippen MR) is 63.0 cm³/mol. The summed E-state index contributed by atoms with van der Waals surface area (Å²) in [4.78, 5) is 12.5. The Balaban J connectivity index is 2.48. The first-order valence-corrected chi connectivity index (χ1v) is 5.93. The second-order valence-corrected chi connectivity index (χ2v) is 4.42. The number of rotatable bonds is 5. The smallest absolute Gasteiger partial charge is 0.345 e. The number of nitrogens with zero attached hydrogens (tertiary/aromatic N) is 1. The minimum Gasteiger partial charge on any atom is -0.345 e. The number of aryl methyl sites for hydroxylation is 1. The zero-order chi connectivity index (χ0) is 15.3. The molecule has 7 heteroatoms. The normalized spacial score (nSPS) is 11.5. The summed E-state index contributed by atoms with van der Waals surface area (Å²) in [6.07, 6.45) is -5.65. The third-order valence-corrected chi connectivity index (χ3v) is 2.77. The molecule has 1 amide bonds. The Labute approximate surface area is 113 Å². The number of amides is 1. The molecule has 20 heavy (non-hydrogen) atoms. The van der Waals surface area contributed by atoms with Gasteiger partial charge in [0.2, 0.25) is 5.91 Å². The molecule has 0 N–H and O–H groups in total. The van der Waals surface area contributed by atoms with E-state index in [9.17, 15) is 26.7 Å². The molecule has 0 saturated carbocycles. The van der Waals surface area contributed by atoms with Crippen LogP contribution in [0.25, 0.3) is 0 Å². The Morgan fingerprint density at radius 3 is 2.50 bits per heavy atom. The van der Waals surface area contributed by atoms with Gasteiger partial charge in [-0.1, -0.05) is 0 Å². The van der Waals surface area contributed by atoms with E-state index in [-0.39, 0.29) is 18.4 Å². The highest BCUT2D eigenvalue weighted by atomic mass is 19.4. The van der Waals surface area contributed by atoms with Gasteiger partial charge >= 0.3 is 6.18 Å². The quantitative estimate of drug-likeness (QED) is 0.763. The third-order valence-electron chi connectivity index (χ3n) is 2.77. The van der Waals surface area contributed by atoms with Crippen molar-refractivity contribution in [3.8, 4) is 0 Å². The van der Waals surface area contributed by atoms with Gasteiger partial charge in [-0.15, -0.1) is 0 Å². The summed E-state index contributed by atoms with van der Waals surface area (Å²) >= 11 is 0. The Morgan fingerprint density at radius 1 is 1.25 bits per heavy atom. The molecule has 0 aliphatic rings. The van der Waals surface area contributed by atoms with Crippen molar-refractivity contribution in [1.82, 2.24) is 4.90 Å². The average Bonchev–Trinajstić information content (AvgIpc) is 2.35. The van der Waals surface area contributed by atoms with E-state index in [4.69, 9.17) is 0 Å². The van der Waals surface area contributed by atoms with Crippen LogP contribution in [-0.4, -0.2) is 30.6 Å². The van der Waals surface area contributed by atoms with E-state index in [0.29, 0.717) is 0 Å². The van der Waals surface area contributed by atoms with Crippen LogP contribution < -0.4 is 0 Å². The van der Waals surface area contributed by atoms with Crippen molar-refractivity contribution in [3.63, 3.8) is 0 Å². The lowest BCUT2D eigenvalue weighted by molar-refractivity contribution is -0.144. The topological polar surface area (TPSA) is 20.3 Å². The molecule has 1 aromatic rings. The Hall–Kier alpha value is -1.66. The van der Waals surface area contributed by atoms with Crippen molar-refractivity contribution in [2.24, 2.45) is 0 Å². The molecule has 0 fully saturated rings. The van der Waals surface area contributed by atoms with E-state index < -0.39 is 36.7 Å². The number of halogens is 5. The molecule has 0 unspecified atom stereocenters. The fraction of sp³-hybridized carbons (Fsp3) is 0.462. The minimum absolute atomic E-state index is 0.0302. The molecule has 2 nitrogen and oxygen atoms in total. The van der Waals surface area contributed by atoms with Crippen LogP contribution in [0.15, 0.2) is 18.2 Å². The van der Waals surface area contributed by atoms with Gasteiger partial charge in [-0.3, -0.25) is 4.79 Å². The first kappa shape index (κ1) is 16.4. The van der Waals surface area contributed by atoms with Gasteiger partial charge in [0.25, 0.3) is 0 Å². The zero-order valence-corrected chi connectivity index (χ0v) is 10.8. The maximum absolute atomic E-state index is 13.3. The van der Waals surface area contributed by atoms with Gasteiger partial charge in [0, 0.05) is 20.0 Å². The molecular weight excluding hydrogens is 281 g/mol. The fourth-order valence-corrected chi connectivity index (χ4v) is 1.59. The van der Waals surface area contributed by atoms with Crippen LogP contribution in [0.5, 0.6) is 0 Å². The SMILES string of the molecule is CN(CCC(F)(F)F)C(=O)CCc1cc(F)ccc1F. The molecule has 0 heterocycles. The van der Waals surface area contributed by atoms with Gasteiger partial charge in [-0.05, 0) is 30.2 Å². The van der Waals surface area contributed by atoms with Crippen LogP contribution in [0.1, 0.15) is 18.4 Å². The van der Waals surface area contributed by atoms with E-state index in [0.717, 1.165) is 23.1 Å². The number of alkyl halides is 3.